The van der Waals surface area contributed by atoms with Gasteiger partial charge in [0.2, 0.25) is 0 Å². The molecule has 1 heteroatoms. The molecule has 0 N–H and O–H groups in total. The first-order valence-corrected chi connectivity index (χ1v) is 6.87. The number of ketones is 1. The second-order valence-corrected chi connectivity index (χ2v) is 5.41. The molecule has 1 saturated carbocycles. The number of rotatable bonds is 3. The molecule has 96 valence electrons. The maximum absolute atomic E-state index is 11.8. The Labute approximate surface area is 114 Å². The highest BCUT2D eigenvalue weighted by Gasteiger charge is 2.44. The van der Waals surface area contributed by atoms with Gasteiger partial charge in [-0.05, 0) is 30.4 Å². The van der Waals surface area contributed by atoms with E-state index in [1.165, 1.54) is 11.1 Å². The number of hydrogen-bond donors (Lipinski definition) is 0. The highest BCUT2D eigenvalue weighted by molar-refractivity contribution is 5.81. The molecular weight excluding hydrogens is 232 g/mol. The quantitative estimate of drug-likeness (QED) is 0.799. The molecule has 2 aromatic rings. The minimum atomic E-state index is 0.188. The third-order valence-corrected chi connectivity index (χ3v) is 4.31. The van der Waals surface area contributed by atoms with Gasteiger partial charge in [-0.25, -0.2) is 0 Å². The predicted molar refractivity (Wildman–Crippen MR) is 77.2 cm³/mol. The third-order valence-electron chi connectivity index (χ3n) is 4.31. The van der Waals surface area contributed by atoms with Crippen LogP contribution in [0.5, 0.6) is 0 Å². The van der Waals surface area contributed by atoms with Crippen LogP contribution in [-0.4, -0.2) is 5.78 Å². The fourth-order valence-corrected chi connectivity index (χ4v) is 3.25. The van der Waals surface area contributed by atoms with E-state index in [1.54, 1.807) is 6.92 Å². The lowest BCUT2D eigenvalue weighted by atomic mass is 9.58. The molecular formula is C18H18O. The first-order valence-electron chi connectivity index (χ1n) is 6.87. The molecule has 3 atom stereocenters. The van der Waals surface area contributed by atoms with E-state index in [2.05, 4.69) is 48.5 Å². The van der Waals surface area contributed by atoms with E-state index in [0.29, 0.717) is 17.6 Å². The molecule has 3 rings (SSSR count). The second-order valence-electron chi connectivity index (χ2n) is 5.41. The zero-order valence-corrected chi connectivity index (χ0v) is 11.1. The van der Waals surface area contributed by atoms with Crippen molar-refractivity contribution in [2.45, 2.75) is 25.2 Å². The standard InChI is InChI=1S/C18H18O/c1-13(19)16-12-17(14-8-4-2-5-9-14)18(16)15-10-6-3-7-11-15/h2-11,16-18H,12H2,1H3/t16-,17?,18-/m0/s1. The minimum absolute atomic E-state index is 0.188. The SMILES string of the molecule is CC(=O)[C@@H]1CC(c2ccccc2)[C@H]1c1ccccc1. The van der Waals surface area contributed by atoms with E-state index >= 15 is 0 Å². The van der Waals surface area contributed by atoms with Crippen LogP contribution in [0.25, 0.3) is 0 Å². The molecule has 1 unspecified atom stereocenters. The van der Waals surface area contributed by atoms with E-state index in [1.807, 2.05) is 12.1 Å². The maximum Gasteiger partial charge on any atom is 0.133 e. The van der Waals surface area contributed by atoms with Crippen molar-refractivity contribution < 1.29 is 4.79 Å². The Morgan fingerprint density at radius 3 is 1.95 bits per heavy atom. The number of hydrogen-bond acceptors (Lipinski definition) is 1. The van der Waals surface area contributed by atoms with Gasteiger partial charge in [0.15, 0.2) is 0 Å². The summed E-state index contributed by atoms with van der Waals surface area (Å²) in [7, 11) is 0. The smallest absolute Gasteiger partial charge is 0.133 e. The Hall–Kier alpha value is -1.89. The van der Waals surface area contributed by atoms with Crippen LogP contribution in [0.1, 0.15) is 36.3 Å². The van der Waals surface area contributed by atoms with Crippen LogP contribution in [0.3, 0.4) is 0 Å². The summed E-state index contributed by atoms with van der Waals surface area (Å²) in [5, 5.41) is 0. The number of Topliss-reactive ketones (excluding diaryl/α,β-unsaturated/α-hetero) is 1. The third kappa shape index (κ3) is 2.21. The Balaban J connectivity index is 1.93. The van der Waals surface area contributed by atoms with E-state index in [0.717, 1.165) is 6.42 Å². The van der Waals surface area contributed by atoms with Gasteiger partial charge in [-0.15, -0.1) is 0 Å². The van der Waals surface area contributed by atoms with E-state index in [4.69, 9.17) is 0 Å². The van der Waals surface area contributed by atoms with Crippen molar-refractivity contribution in [2.75, 3.05) is 0 Å². The molecule has 0 radical (unpaired) electrons. The number of carbonyl (C=O) groups is 1. The Kier molecular flexibility index (Phi) is 3.20. The van der Waals surface area contributed by atoms with Crippen LogP contribution in [0, 0.1) is 5.92 Å². The molecule has 0 saturated heterocycles. The zero-order valence-electron chi connectivity index (χ0n) is 11.1. The summed E-state index contributed by atoms with van der Waals surface area (Å²) in [5.74, 6) is 1.34. The summed E-state index contributed by atoms with van der Waals surface area (Å²) in [5.41, 5.74) is 2.65. The number of carbonyl (C=O) groups excluding carboxylic acids is 1. The monoisotopic (exact) mass is 250 g/mol. The lowest BCUT2D eigenvalue weighted by Gasteiger charge is -2.44. The van der Waals surface area contributed by atoms with Crippen molar-refractivity contribution in [3.8, 4) is 0 Å². The lowest BCUT2D eigenvalue weighted by Crippen LogP contribution is -2.37. The molecule has 0 heterocycles. The van der Waals surface area contributed by atoms with Gasteiger partial charge in [0.1, 0.15) is 5.78 Å². The molecule has 19 heavy (non-hydrogen) atoms. The summed E-state index contributed by atoms with van der Waals surface area (Å²) in [4.78, 5) is 11.8. The van der Waals surface area contributed by atoms with Crippen LogP contribution in [0.2, 0.25) is 0 Å². The highest BCUT2D eigenvalue weighted by atomic mass is 16.1. The van der Waals surface area contributed by atoms with Crippen LogP contribution in [0.15, 0.2) is 60.7 Å². The second kappa shape index (κ2) is 5.00. The highest BCUT2D eigenvalue weighted by Crippen LogP contribution is 2.53. The van der Waals surface area contributed by atoms with Crippen molar-refractivity contribution >= 4 is 5.78 Å². The average molecular weight is 250 g/mol. The molecule has 0 amide bonds. The molecule has 0 aliphatic heterocycles. The Morgan fingerprint density at radius 2 is 1.42 bits per heavy atom. The predicted octanol–water partition coefficient (Wildman–Crippen LogP) is 4.16. The Bertz CT molecular complexity index is 559. The molecule has 1 nitrogen and oxygen atoms in total. The molecule has 0 spiro atoms. The van der Waals surface area contributed by atoms with Crippen molar-refractivity contribution in [1.82, 2.24) is 0 Å². The first-order chi connectivity index (χ1) is 9.27. The lowest BCUT2D eigenvalue weighted by molar-refractivity contribution is -0.124. The summed E-state index contributed by atoms with van der Waals surface area (Å²) in [6.07, 6.45) is 0.985. The summed E-state index contributed by atoms with van der Waals surface area (Å²) >= 11 is 0. The molecule has 1 aliphatic carbocycles. The van der Waals surface area contributed by atoms with Crippen molar-refractivity contribution in [3.05, 3.63) is 71.8 Å². The van der Waals surface area contributed by atoms with E-state index in [-0.39, 0.29) is 5.92 Å². The summed E-state index contributed by atoms with van der Waals surface area (Å²) < 4.78 is 0. The van der Waals surface area contributed by atoms with Crippen LogP contribution < -0.4 is 0 Å². The molecule has 1 aliphatic rings. The average Bonchev–Trinajstić information content (AvgIpc) is 2.39. The minimum Gasteiger partial charge on any atom is -0.300 e. The Morgan fingerprint density at radius 1 is 0.895 bits per heavy atom. The van der Waals surface area contributed by atoms with Crippen LogP contribution >= 0.6 is 0 Å². The van der Waals surface area contributed by atoms with Gasteiger partial charge < -0.3 is 0 Å². The van der Waals surface area contributed by atoms with Gasteiger partial charge in [0.05, 0.1) is 0 Å². The van der Waals surface area contributed by atoms with Gasteiger partial charge in [0.25, 0.3) is 0 Å². The van der Waals surface area contributed by atoms with Gasteiger partial charge in [-0.1, -0.05) is 60.7 Å². The molecule has 0 bridgehead atoms. The van der Waals surface area contributed by atoms with Crippen LogP contribution in [0.4, 0.5) is 0 Å². The maximum atomic E-state index is 11.8. The van der Waals surface area contributed by atoms with Crippen molar-refractivity contribution in [1.29, 1.82) is 0 Å². The largest absolute Gasteiger partial charge is 0.300 e. The molecule has 1 fully saturated rings. The van der Waals surface area contributed by atoms with Gasteiger partial charge >= 0.3 is 0 Å². The topological polar surface area (TPSA) is 17.1 Å². The van der Waals surface area contributed by atoms with Crippen molar-refractivity contribution in [3.63, 3.8) is 0 Å². The molecule has 2 aromatic carbocycles. The fraction of sp³-hybridized carbons (Fsp3) is 0.278. The zero-order chi connectivity index (χ0) is 13.2. The van der Waals surface area contributed by atoms with E-state index < -0.39 is 0 Å². The first kappa shape index (κ1) is 12.2. The van der Waals surface area contributed by atoms with Gasteiger partial charge in [0, 0.05) is 11.8 Å². The van der Waals surface area contributed by atoms with E-state index in [9.17, 15) is 4.79 Å². The van der Waals surface area contributed by atoms with Gasteiger partial charge in [-0.3, -0.25) is 4.79 Å². The number of benzene rings is 2. The van der Waals surface area contributed by atoms with Crippen molar-refractivity contribution in [2.24, 2.45) is 5.92 Å². The fourth-order valence-electron chi connectivity index (χ4n) is 3.25. The normalized spacial score (nSPS) is 25.6. The molecule has 0 aromatic heterocycles. The summed E-state index contributed by atoms with van der Waals surface area (Å²) in [6.45, 7) is 1.72. The van der Waals surface area contributed by atoms with Gasteiger partial charge in [-0.2, -0.15) is 0 Å². The van der Waals surface area contributed by atoms with Crippen LogP contribution in [-0.2, 0) is 4.79 Å². The summed E-state index contributed by atoms with van der Waals surface area (Å²) in [6, 6.07) is 21.0.